The Bertz CT molecular complexity index is 604. The number of aliphatic hydroxyl groups is 1. The number of hydrogen-bond donors (Lipinski definition) is 2. The lowest BCUT2D eigenvalue weighted by Gasteiger charge is -2.10. The Kier molecular flexibility index (Phi) is 4.22. The van der Waals surface area contributed by atoms with Gasteiger partial charge in [0.05, 0.1) is 13.7 Å². The third-order valence-electron chi connectivity index (χ3n) is 2.75. The van der Waals surface area contributed by atoms with Gasteiger partial charge in [-0.2, -0.15) is 0 Å². The first-order valence-corrected chi connectivity index (χ1v) is 5.93. The number of methoxy groups -OCH3 is 1. The van der Waals surface area contributed by atoms with Crippen LogP contribution in [0.15, 0.2) is 42.5 Å². The number of carbonyl (C=O) groups is 1. The topological polar surface area (TPSA) is 76.0 Å². The smallest absolute Gasteiger partial charge is 0.339 e. The molecule has 2 rings (SSSR count). The van der Waals surface area contributed by atoms with Gasteiger partial charge in [-0.05, 0) is 29.8 Å². The molecule has 2 N–H and O–H groups in total. The molecule has 0 spiro atoms. The molecule has 0 aliphatic rings. The van der Waals surface area contributed by atoms with Crippen LogP contribution < -0.4 is 9.47 Å². The normalized spacial score (nSPS) is 10.1. The van der Waals surface area contributed by atoms with Gasteiger partial charge in [0.1, 0.15) is 22.8 Å². The second kappa shape index (κ2) is 6.08. The van der Waals surface area contributed by atoms with Gasteiger partial charge >= 0.3 is 5.97 Å². The van der Waals surface area contributed by atoms with Crippen molar-refractivity contribution in [2.45, 2.75) is 6.61 Å². The molecule has 2 aromatic rings. The van der Waals surface area contributed by atoms with E-state index in [1.54, 1.807) is 30.3 Å². The summed E-state index contributed by atoms with van der Waals surface area (Å²) in [6.45, 7) is -0.0557. The summed E-state index contributed by atoms with van der Waals surface area (Å²) in [5.74, 6) is 0.123. The van der Waals surface area contributed by atoms with Crippen LogP contribution in [0.1, 0.15) is 15.9 Å². The maximum atomic E-state index is 11.2. The predicted octanol–water partition coefficient (Wildman–Crippen LogP) is 2.68. The van der Waals surface area contributed by atoms with Gasteiger partial charge in [0.15, 0.2) is 0 Å². The Labute approximate surface area is 116 Å². The van der Waals surface area contributed by atoms with E-state index in [9.17, 15) is 4.79 Å². The number of ether oxygens (including phenoxy) is 2. The molecule has 0 amide bonds. The maximum Gasteiger partial charge on any atom is 0.339 e. The van der Waals surface area contributed by atoms with Crippen molar-refractivity contribution in [1.29, 1.82) is 0 Å². The Morgan fingerprint density at radius 3 is 2.30 bits per heavy atom. The van der Waals surface area contributed by atoms with E-state index < -0.39 is 5.97 Å². The Morgan fingerprint density at radius 2 is 1.75 bits per heavy atom. The number of benzene rings is 2. The largest absolute Gasteiger partial charge is 0.497 e. The molecule has 0 saturated carbocycles. The number of aliphatic hydroxyl groups excluding tert-OH is 1. The zero-order valence-electron chi connectivity index (χ0n) is 10.9. The molecule has 104 valence electrons. The molecular formula is C15H14O5. The standard InChI is InChI=1S/C15H14O5/c1-19-12-6-7-13(15(17)18)14(8-12)20-11-4-2-10(9-16)3-5-11/h2-8,16H,9H2,1H3,(H,17,18). The minimum Gasteiger partial charge on any atom is -0.497 e. The van der Waals surface area contributed by atoms with Crippen LogP contribution in [0.25, 0.3) is 0 Å². The predicted molar refractivity (Wildman–Crippen MR) is 72.4 cm³/mol. The highest BCUT2D eigenvalue weighted by atomic mass is 16.5. The molecule has 0 bridgehead atoms. The fourth-order valence-electron chi connectivity index (χ4n) is 1.68. The summed E-state index contributed by atoms with van der Waals surface area (Å²) < 4.78 is 10.6. The van der Waals surface area contributed by atoms with Crippen LogP contribution in [0.2, 0.25) is 0 Å². The van der Waals surface area contributed by atoms with Crippen LogP contribution in [0.4, 0.5) is 0 Å². The van der Waals surface area contributed by atoms with Crippen LogP contribution in [0, 0.1) is 0 Å². The second-order valence-corrected chi connectivity index (χ2v) is 4.07. The Balaban J connectivity index is 2.32. The molecule has 0 unspecified atom stereocenters. The lowest BCUT2D eigenvalue weighted by Crippen LogP contribution is -2.00. The Morgan fingerprint density at radius 1 is 1.10 bits per heavy atom. The van der Waals surface area contributed by atoms with E-state index in [-0.39, 0.29) is 17.9 Å². The summed E-state index contributed by atoms with van der Waals surface area (Å²) in [6.07, 6.45) is 0. The highest BCUT2D eigenvalue weighted by molar-refractivity contribution is 5.91. The van der Waals surface area contributed by atoms with Crippen molar-refractivity contribution in [2.75, 3.05) is 7.11 Å². The summed E-state index contributed by atoms with van der Waals surface area (Å²) in [4.78, 5) is 11.2. The van der Waals surface area contributed by atoms with Crippen molar-refractivity contribution in [3.8, 4) is 17.2 Å². The second-order valence-electron chi connectivity index (χ2n) is 4.07. The van der Waals surface area contributed by atoms with E-state index in [4.69, 9.17) is 19.7 Å². The molecular weight excluding hydrogens is 260 g/mol. The van der Waals surface area contributed by atoms with E-state index in [2.05, 4.69) is 0 Å². The van der Waals surface area contributed by atoms with E-state index in [1.807, 2.05) is 0 Å². The van der Waals surface area contributed by atoms with Crippen molar-refractivity contribution in [3.63, 3.8) is 0 Å². The number of hydrogen-bond acceptors (Lipinski definition) is 4. The van der Waals surface area contributed by atoms with Gasteiger partial charge in [0, 0.05) is 6.07 Å². The van der Waals surface area contributed by atoms with Crippen molar-refractivity contribution in [2.24, 2.45) is 0 Å². The molecule has 20 heavy (non-hydrogen) atoms. The van der Waals surface area contributed by atoms with E-state index in [1.165, 1.54) is 19.2 Å². The van der Waals surface area contributed by atoms with E-state index >= 15 is 0 Å². The quantitative estimate of drug-likeness (QED) is 0.876. The van der Waals surface area contributed by atoms with Gasteiger partial charge in [-0.15, -0.1) is 0 Å². The van der Waals surface area contributed by atoms with Gasteiger partial charge in [0.25, 0.3) is 0 Å². The van der Waals surface area contributed by atoms with Gasteiger partial charge in [-0.25, -0.2) is 4.79 Å². The zero-order valence-corrected chi connectivity index (χ0v) is 10.9. The molecule has 0 aliphatic carbocycles. The van der Waals surface area contributed by atoms with Gasteiger partial charge in [-0.1, -0.05) is 12.1 Å². The van der Waals surface area contributed by atoms with Crippen LogP contribution in [-0.2, 0) is 6.61 Å². The molecule has 0 atom stereocenters. The third kappa shape index (κ3) is 3.07. The number of carboxylic acids is 1. The number of rotatable bonds is 5. The van der Waals surface area contributed by atoms with Gasteiger partial charge < -0.3 is 19.7 Å². The fourth-order valence-corrected chi connectivity index (χ4v) is 1.68. The highest BCUT2D eigenvalue weighted by Crippen LogP contribution is 2.29. The first-order chi connectivity index (χ1) is 9.63. The maximum absolute atomic E-state index is 11.2. The van der Waals surface area contributed by atoms with Gasteiger partial charge in [0.2, 0.25) is 0 Å². The van der Waals surface area contributed by atoms with Crippen molar-refractivity contribution in [1.82, 2.24) is 0 Å². The number of carboxylic acid groups (broad SMARTS) is 1. The SMILES string of the molecule is COc1ccc(C(=O)O)c(Oc2ccc(CO)cc2)c1. The third-order valence-corrected chi connectivity index (χ3v) is 2.75. The number of aromatic carboxylic acids is 1. The van der Waals surface area contributed by atoms with Crippen LogP contribution >= 0.6 is 0 Å². The highest BCUT2D eigenvalue weighted by Gasteiger charge is 2.13. The minimum atomic E-state index is -1.07. The average molecular weight is 274 g/mol. The van der Waals surface area contributed by atoms with Crippen molar-refractivity contribution in [3.05, 3.63) is 53.6 Å². The minimum absolute atomic E-state index is 0.0528. The summed E-state index contributed by atoms with van der Waals surface area (Å²) in [5, 5.41) is 18.1. The lowest BCUT2D eigenvalue weighted by molar-refractivity contribution is 0.0694. The van der Waals surface area contributed by atoms with Crippen molar-refractivity contribution < 1.29 is 24.5 Å². The van der Waals surface area contributed by atoms with Crippen LogP contribution in [0.5, 0.6) is 17.2 Å². The van der Waals surface area contributed by atoms with E-state index in [0.717, 1.165) is 5.56 Å². The van der Waals surface area contributed by atoms with E-state index in [0.29, 0.717) is 11.5 Å². The summed E-state index contributed by atoms with van der Waals surface area (Å²) in [5.41, 5.74) is 0.804. The first-order valence-electron chi connectivity index (χ1n) is 5.93. The van der Waals surface area contributed by atoms with Crippen LogP contribution in [-0.4, -0.2) is 23.3 Å². The molecule has 0 aliphatic heterocycles. The first kappa shape index (κ1) is 13.9. The monoisotopic (exact) mass is 274 g/mol. The fraction of sp³-hybridized carbons (Fsp3) is 0.133. The zero-order chi connectivity index (χ0) is 14.5. The van der Waals surface area contributed by atoms with Gasteiger partial charge in [-0.3, -0.25) is 0 Å². The molecule has 5 nitrogen and oxygen atoms in total. The molecule has 0 radical (unpaired) electrons. The summed E-state index contributed by atoms with van der Waals surface area (Å²) in [7, 11) is 1.50. The summed E-state index contributed by atoms with van der Waals surface area (Å²) in [6, 6.07) is 11.2. The molecule has 0 saturated heterocycles. The molecule has 2 aromatic carbocycles. The Hall–Kier alpha value is -2.53. The lowest BCUT2D eigenvalue weighted by atomic mass is 10.2. The van der Waals surface area contributed by atoms with Crippen molar-refractivity contribution >= 4 is 5.97 Å². The molecule has 0 heterocycles. The molecule has 0 aromatic heterocycles. The summed E-state index contributed by atoms with van der Waals surface area (Å²) >= 11 is 0. The molecule has 0 fully saturated rings. The molecule has 5 heteroatoms. The average Bonchev–Trinajstić information content (AvgIpc) is 2.47. The van der Waals surface area contributed by atoms with Crippen LogP contribution in [0.3, 0.4) is 0 Å².